The molecule has 0 spiro atoms. The van der Waals surface area contributed by atoms with Gasteiger partial charge in [0.15, 0.2) is 0 Å². The van der Waals surface area contributed by atoms with Crippen LogP contribution >= 0.6 is 11.8 Å². The standard InChI is InChI=1S/C20H17N5O3S/c1-11(18(27)23-13-8-6-12(7-9-13)17(21)26)29-20-25-24-19(28-20)15-10-22-16-5-3-2-4-14(15)16/h2-11,22H,1H3,(H2,21,26)(H,23,27)/t11-/m0/s1. The molecule has 4 rings (SSSR count). The first-order valence-electron chi connectivity index (χ1n) is 8.78. The van der Waals surface area contributed by atoms with Crippen molar-refractivity contribution < 1.29 is 14.0 Å². The summed E-state index contributed by atoms with van der Waals surface area (Å²) in [6, 6.07) is 14.2. The van der Waals surface area contributed by atoms with Crippen molar-refractivity contribution in [2.24, 2.45) is 5.73 Å². The first-order valence-corrected chi connectivity index (χ1v) is 9.66. The first kappa shape index (κ1) is 18.8. The predicted molar refractivity (Wildman–Crippen MR) is 110 cm³/mol. The zero-order chi connectivity index (χ0) is 20.4. The van der Waals surface area contributed by atoms with Crippen molar-refractivity contribution in [2.75, 3.05) is 5.32 Å². The number of nitrogens with one attached hydrogen (secondary N) is 2. The molecule has 29 heavy (non-hydrogen) atoms. The third kappa shape index (κ3) is 3.99. The Hall–Kier alpha value is -3.59. The van der Waals surface area contributed by atoms with Gasteiger partial charge < -0.3 is 20.5 Å². The highest BCUT2D eigenvalue weighted by atomic mass is 32.2. The minimum absolute atomic E-state index is 0.228. The van der Waals surface area contributed by atoms with Gasteiger partial charge in [0.05, 0.1) is 10.8 Å². The molecule has 0 saturated carbocycles. The van der Waals surface area contributed by atoms with E-state index in [2.05, 4.69) is 20.5 Å². The summed E-state index contributed by atoms with van der Waals surface area (Å²) in [6.07, 6.45) is 1.82. The highest BCUT2D eigenvalue weighted by molar-refractivity contribution is 8.00. The van der Waals surface area contributed by atoms with Crippen molar-refractivity contribution in [1.29, 1.82) is 0 Å². The number of rotatable bonds is 6. The van der Waals surface area contributed by atoms with Gasteiger partial charge in [-0.1, -0.05) is 30.0 Å². The minimum Gasteiger partial charge on any atom is -0.411 e. The summed E-state index contributed by atoms with van der Waals surface area (Å²) in [5.74, 6) is -0.359. The number of hydrogen-bond donors (Lipinski definition) is 3. The van der Waals surface area contributed by atoms with Gasteiger partial charge in [-0.15, -0.1) is 10.2 Å². The monoisotopic (exact) mass is 407 g/mol. The van der Waals surface area contributed by atoms with Crippen molar-refractivity contribution in [3.8, 4) is 11.5 Å². The van der Waals surface area contributed by atoms with Gasteiger partial charge in [-0.05, 0) is 37.3 Å². The molecule has 0 aliphatic heterocycles. The summed E-state index contributed by atoms with van der Waals surface area (Å²) in [6.45, 7) is 1.74. The second kappa shape index (κ2) is 7.80. The molecule has 2 aromatic heterocycles. The molecule has 0 saturated heterocycles. The lowest BCUT2D eigenvalue weighted by Crippen LogP contribution is -2.22. The van der Waals surface area contributed by atoms with E-state index in [1.807, 2.05) is 30.5 Å². The second-order valence-electron chi connectivity index (χ2n) is 6.31. The van der Waals surface area contributed by atoms with Gasteiger partial charge in [-0.25, -0.2) is 0 Å². The summed E-state index contributed by atoms with van der Waals surface area (Å²) in [4.78, 5) is 26.7. The van der Waals surface area contributed by atoms with Crippen LogP contribution in [-0.2, 0) is 4.79 Å². The Morgan fingerprint density at radius 1 is 1.14 bits per heavy atom. The molecular weight excluding hydrogens is 390 g/mol. The van der Waals surface area contributed by atoms with Crippen molar-refractivity contribution in [3.05, 3.63) is 60.3 Å². The van der Waals surface area contributed by atoms with Gasteiger partial charge in [-0.3, -0.25) is 9.59 Å². The topological polar surface area (TPSA) is 127 Å². The Morgan fingerprint density at radius 3 is 2.66 bits per heavy atom. The first-order chi connectivity index (χ1) is 14.0. The third-order valence-corrected chi connectivity index (χ3v) is 5.24. The van der Waals surface area contributed by atoms with E-state index in [1.165, 1.54) is 11.8 Å². The van der Waals surface area contributed by atoms with Crippen LogP contribution in [0.5, 0.6) is 0 Å². The van der Waals surface area contributed by atoms with Crippen LogP contribution in [0, 0.1) is 0 Å². The normalized spacial score (nSPS) is 12.0. The molecule has 8 nitrogen and oxygen atoms in total. The fourth-order valence-corrected chi connectivity index (χ4v) is 3.46. The molecule has 0 fully saturated rings. The predicted octanol–water partition coefficient (Wildman–Crippen LogP) is 3.44. The number of aromatic nitrogens is 3. The van der Waals surface area contributed by atoms with Crippen LogP contribution in [0.2, 0.25) is 0 Å². The fourth-order valence-electron chi connectivity index (χ4n) is 2.78. The molecule has 0 aliphatic carbocycles. The smallest absolute Gasteiger partial charge is 0.277 e. The van der Waals surface area contributed by atoms with Crippen molar-refractivity contribution in [3.63, 3.8) is 0 Å². The van der Waals surface area contributed by atoms with Gasteiger partial charge in [0.2, 0.25) is 11.8 Å². The van der Waals surface area contributed by atoms with Crippen LogP contribution in [0.3, 0.4) is 0 Å². The minimum atomic E-state index is -0.519. The molecule has 0 bridgehead atoms. The Labute approximate surface area is 169 Å². The molecule has 146 valence electrons. The van der Waals surface area contributed by atoms with E-state index in [-0.39, 0.29) is 5.91 Å². The summed E-state index contributed by atoms with van der Waals surface area (Å²) < 4.78 is 5.74. The quantitative estimate of drug-likeness (QED) is 0.420. The van der Waals surface area contributed by atoms with Gasteiger partial charge in [0.25, 0.3) is 11.1 Å². The van der Waals surface area contributed by atoms with Gasteiger partial charge in [0.1, 0.15) is 0 Å². The average Bonchev–Trinajstić information content (AvgIpc) is 3.35. The number of thioether (sulfide) groups is 1. The van der Waals surface area contributed by atoms with E-state index in [1.54, 1.807) is 31.2 Å². The number of anilines is 1. The number of carbonyl (C=O) groups excluding carboxylic acids is 2. The summed E-state index contributed by atoms with van der Waals surface area (Å²) >= 11 is 1.17. The Balaban J connectivity index is 1.42. The van der Waals surface area contributed by atoms with E-state index in [0.717, 1.165) is 16.5 Å². The number of aromatic amines is 1. The third-order valence-electron chi connectivity index (χ3n) is 4.31. The van der Waals surface area contributed by atoms with Crippen LogP contribution in [-0.4, -0.2) is 32.2 Å². The fraction of sp³-hybridized carbons (Fsp3) is 0.100. The SMILES string of the molecule is C[C@H](Sc1nnc(-c2c[nH]c3ccccc23)o1)C(=O)Nc1ccc(C(N)=O)cc1. The molecule has 4 aromatic rings. The lowest BCUT2D eigenvalue weighted by molar-refractivity contribution is -0.115. The van der Waals surface area contributed by atoms with E-state index in [9.17, 15) is 9.59 Å². The zero-order valence-electron chi connectivity index (χ0n) is 15.4. The molecule has 2 heterocycles. The number of carbonyl (C=O) groups is 2. The maximum Gasteiger partial charge on any atom is 0.277 e. The van der Waals surface area contributed by atoms with Crippen molar-refractivity contribution in [2.45, 2.75) is 17.4 Å². The molecule has 2 amide bonds. The van der Waals surface area contributed by atoms with E-state index >= 15 is 0 Å². The van der Waals surface area contributed by atoms with Gasteiger partial charge in [-0.2, -0.15) is 0 Å². The Bertz CT molecular complexity index is 1180. The van der Waals surface area contributed by atoms with Crippen molar-refractivity contribution >= 4 is 40.2 Å². The zero-order valence-corrected chi connectivity index (χ0v) is 16.2. The number of benzene rings is 2. The number of H-pyrrole nitrogens is 1. The Kier molecular flexibility index (Phi) is 5.05. The molecule has 2 aromatic carbocycles. The largest absolute Gasteiger partial charge is 0.411 e. The number of primary amides is 1. The average molecular weight is 407 g/mol. The number of para-hydroxylation sites is 1. The van der Waals surface area contributed by atoms with E-state index in [0.29, 0.717) is 22.4 Å². The number of nitrogens with two attached hydrogens (primary N) is 1. The van der Waals surface area contributed by atoms with Crippen LogP contribution in [0.15, 0.2) is 64.4 Å². The lowest BCUT2D eigenvalue weighted by atomic mass is 10.2. The maximum absolute atomic E-state index is 12.4. The number of nitrogens with zero attached hydrogens (tertiary/aromatic N) is 2. The van der Waals surface area contributed by atoms with Gasteiger partial charge >= 0.3 is 0 Å². The number of fused-ring (bicyclic) bond motifs is 1. The maximum atomic E-state index is 12.4. The van der Waals surface area contributed by atoms with Crippen LogP contribution in [0.25, 0.3) is 22.4 Å². The molecule has 0 unspecified atom stereocenters. The summed E-state index contributed by atoms with van der Waals surface area (Å²) in [7, 11) is 0. The number of hydrogen-bond acceptors (Lipinski definition) is 6. The molecule has 1 atom stereocenters. The molecule has 9 heteroatoms. The number of amides is 2. The summed E-state index contributed by atoms with van der Waals surface area (Å²) in [5, 5.41) is 11.7. The molecule has 0 aliphatic rings. The van der Waals surface area contributed by atoms with Crippen LogP contribution < -0.4 is 11.1 Å². The van der Waals surface area contributed by atoms with Crippen LogP contribution in [0.1, 0.15) is 17.3 Å². The molecular formula is C20H17N5O3S. The highest BCUT2D eigenvalue weighted by Gasteiger charge is 2.20. The second-order valence-corrected chi connectivity index (χ2v) is 7.60. The summed E-state index contributed by atoms with van der Waals surface area (Å²) in [5.41, 5.74) is 7.94. The van der Waals surface area contributed by atoms with E-state index in [4.69, 9.17) is 10.2 Å². The molecule has 0 radical (unpaired) electrons. The Morgan fingerprint density at radius 2 is 1.90 bits per heavy atom. The molecule has 4 N–H and O–H groups in total. The van der Waals surface area contributed by atoms with E-state index < -0.39 is 11.2 Å². The lowest BCUT2D eigenvalue weighted by Gasteiger charge is -2.10. The van der Waals surface area contributed by atoms with Crippen LogP contribution in [0.4, 0.5) is 5.69 Å². The van der Waals surface area contributed by atoms with Gasteiger partial charge in [0, 0.05) is 28.4 Å². The highest BCUT2D eigenvalue weighted by Crippen LogP contribution is 2.30. The van der Waals surface area contributed by atoms with Crippen molar-refractivity contribution in [1.82, 2.24) is 15.2 Å².